The summed E-state index contributed by atoms with van der Waals surface area (Å²) in [6, 6.07) is 8.10. The van der Waals surface area contributed by atoms with Crippen molar-refractivity contribution in [1.29, 1.82) is 5.41 Å². The van der Waals surface area contributed by atoms with Crippen LogP contribution in [0.3, 0.4) is 0 Å². The van der Waals surface area contributed by atoms with Crippen LogP contribution < -0.4 is 16.7 Å². The van der Waals surface area contributed by atoms with Gasteiger partial charge < -0.3 is 9.84 Å². The second kappa shape index (κ2) is 3.55. The molecule has 5 heteroatoms. The fraction of sp³-hybridized carbons (Fsp3) is 0. The van der Waals surface area contributed by atoms with Gasteiger partial charge >= 0.3 is 0 Å². The van der Waals surface area contributed by atoms with Gasteiger partial charge in [-0.1, -0.05) is 12.1 Å². The Morgan fingerprint density at radius 2 is 2.13 bits per heavy atom. The van der Waals surface area contributed by atoms with Gasteiger partial charge in [0.25, 0.3) is 0 Å². The summed E-state index contributed by atoms with van der Waals surface area (Å²) in [5.41, 5.74) is 2.38. The third-order valence-electron chi connectivity index (χ3n) is 2.03. The molecule has 0 spiro atoms. The highest BCUT2D eigenvalue weighted by atomic mass is 16.3. The number of hydrazine groups is 1. The molecular formula is C10H9N3O2. The highest BCUT2D eigenvalue weighted by Gasteiger charge is 2.07. The van der Waals surface area contributed by atoms with Crippen molar-refractivity contribution in [3.05, 3.63) is 46.3 Å². The molecule has 0 bridgehead atoms. The van der Waals surface area contributed by atoms with Crippen molar-refractivity contribution in [3.8, 4) is 0 Å². The summed E-state index contributed by atoms with van der Waals surface area (Å²) in [6.07, 6.45) is 0. The Labute approximate surface area is 85.0 Å². The average molecular weight is 203 g/mol. The summed E-state index contributed by atoms with van der Waals surface area (Å²) in [6.45, 7) is 0. The van der Waals surface area contributed by atoms with E-state index in [0.29, 0.717) is 11.0 Å². The largest absolute Gasteiger partial charge is 0.453 e. The summed E-state index contributed by atoms with van der Waals surface area (Å²) in [5.74, 6) is 5.06. The molecule has 0 aliphatic heterocycles. The number of rotatable bonds is 1. The van der Waals surface area contributed by atoms with Crippen LogP contribution >= 0.6 is 0 Å². The zero-order valence-electron chi connectivity index (χ0n) is 7.78. The van der Waals surface area contributed by atoms with Gasteiger partial charge in [0.1, 0.15) is 5.58 Å². The monoisotopic (exact) mass is 203 g/mol. The van der Waals surface area contributed by atoms with Crippen molar-refractivity contribution in [2.45, 2.75) is 0 Å². The van der Waals surface area contributed by atoms with Gasteiger partial charge in [-0.15, -0.1) is 0 Å². The summed E-state index contributed by atoms with van der Waals surface area (Å²) in [5, 5.41) is 7.87. The van der Waals surface area contributed by atoms with Gasteiger partial charge in [-0.3, -0.25) is 10.2 Å². The molecule has 0 unspecified atom stereocenters. The number of amidine groups is 1. The Bertz CT molecular complexity index is 574. The maximum absolute atomic E-state index is 11.6. The number of nitrogens with two attached hydrogens (primary N) is 1. The van der Waals surface area contributed by atoms with Gasteiger partial charge in [-0.05, 0) is 12.1 Å². The first-order valence-electron chi connectivity index (χ1n) is 4.31. The minimum Gasteiger partial charge on any atom is -0.453 e. The van der Waals surface area contributed by atoms with Crippen LogP contribution in [-0.4, -0.2) is 5.84 Å². The summed E-state index contributed by atoms with van der Waals surface area (Å²) in [7, 11) is 0. The van der Waals surface area contributed by atoms with Crippen LogP contribution in [0.2, 0.25) is 0 Å². The van der Waals surface area contributed by atoms with Gasteiger partial charge in [-0.25, -0.2) is 5.84 Å². The summed E-state index contributed by atoms with van der Waals surface area (Å²) >= 11 is 0. The Kier molecular flexibility index (Phi) is 2.23. The molecule has 0 atom stereocenters. The number of hydrogen-bond donors (Lipinski definition) is 3. The number of para-hydroxylation sites is 1. The van der Waals surface area contributed by atoms with Gasteiger partial charge in [0.2, 0.25) is 0 Å². The molecule has 15 heavy (non-hydrogen) atoms. The lowest BCUT2D eigenvalue weighted by Gasteiger charge is -2.02. The number of fused-ring (bicyclic) bond motifs is 1. The molecule has 2 aromatic rings. The van der Waals surface area contributed by atoms with Gasteiger partial charge in [0.15, 0.2) is 17.0 Å². The van der Waals surface area contributed by atoms with E-state index >= 15 is 0 Å². The molecule has 2 rings (SSSR count). The van der Waals surface area contributed by atoms with Crippen molar-refractivity contribution in [2.75, 3.05) is 0 Å². The lowest BCUT2D eigenvalue weighted by atomic mass is 10.2. The van der Waals surface area contributed by atoms with Gasteiger partial charge in [-0.2, -0.15) is 0 Å². The molecule has 0 saturated heterocycles. The highest BCUT2D eigenvalue weighted by molar-refractivity contribution is 5.94. The van der Waals surface area contributed by atoms with Gasteiger partial charge in [0.05, 0.1) is 5.39 Å². The maximum Gasteiger partial charge on any atom is 0.193 e. The van der Waals surface area contributed by atoms with Crippen LogP contribution in [0, 0.1) is 5.41 Å². The topological polar surface area (TPSA) is 92.1 Å². The Morgan fingerprint density at radius 3 is 2.87 bits per heavy atom. The van der Waals surface area contributed by atoms with E-state index in [0.717, 1.165) is 0 Å². The lowest BCUT2D eigenvalue weighted by Crippen LogP contribution is -2.30. The quantitative estimate of drug-likeness (QED) is 0.273. The third kappa shape index (κ3) is 1.60. The molecule has 4 N–H and O–H groups in total. The first kappa shape index (κ1) is 9.42. The Hall–Kier alpha value is -2.14. The van der Waals surface area contributed by atoms with E-state index in [9.17, 15) is 4.79 Å². The second-order valence-corrected chi connectivity index (χ2v) is 2.99. The highest BCUT2D eigenvalue weighted by Crippen LogP contribution is 2.11. The number of hydrogen-bond acceptors (Lipinski definition) is 4. The van der Waals surface area contributed by atoms with E-state index in [1.807, 2.05) is 0 Å². The summed E-state index contributed by atoms with van der Waals surface area (Å²) in [4.78, 5) is 11.6. The van der Waals surface area contributed by atoms with Crippen LogP contribution in [0.1, 0.15) is 5.76 Å². The minimum absolute atomic E-state index is 0.126. The predicted octanol–water partition coefficient (Wildman–Crippen LogP) is 0.582. The van der Waals surface area contributed by atoms with E-state index in [2.05, 4.69) is 5.43 Å². The maximum atomic E-state index is 11.6. The fourth-order valence-electron chi connectivity index (χ4n) is 1.30. The van der Waals surface area contributed by atoms with Crippen molar-refractivity contribution in [3.63, 3.8) is 0 Å². The van der Waals surface area contributed by atoms with Gasteiger partial charge in [0, 0.05) is 6.07 Å². The molecule has 0 aliphatic carbocycles. The normalized spacial score (nSPS) is 10.2. The second-order valence-electron chi connectivity index (χ2n) is 2.99. The number of nitrogens with one attached hydrogen (secondary N) is 2. The van der Waals surface area contributed by atoms with Crippen molar-refractivity contribution in [1.82, 2.24) is 5.43 Å². The first-order chi connectivity index (χ1) is 7.22. The molecule has 0 saturated carbocycles. The molecule has 76 valence electrons. The molecule has 0 radical (unpaired) electrons. The fourth-order valence-corrected chi connectivity index (χ4v) is 1.30. The van der Waals surface area contributed by atoms with E-state index in [1.54, 1.807) is 24.3 Å². The summed E-state index contributed by atoms with van der Waals surface area (Å²) < 4.78 is 5.33. The zero-order chi connectivity index (χ0) is 10.8. The standard InChI is InChI=1S/C10H9N3O2/c11-10(13-12)9-5-7(14)6-3-1-2-4-8(6)15-9/h1-5H,12H2,(H2,11,13). The minimum atomic E-state index is -0.188. The molecule has 1 aromatic heterocycles. The lowest BCUT2D eigenvalue weighted by molar-refractivity contribution is 0.585. The first-order valence-corrected chi connectivity index (χ1v) is 4.31. The van der Waals surface area contributed by atoms with Crippen molar-refractivity contribution in [2.24, 2.45) is 5.84 Å². The van der Waals surface area contributed by atoms with E-state index < -0.39 is 0 Å². The number of benzene rings is 1. The molecule has 1 heterocycles. The van der Waals surface area contributed by atoms with E-state index in [-0.39, 0.29) is 17.0 Å². The molecule has 5 nitrogen and oxygen atoms in total. The average Bonchev–Trinajstić information content (AvgIpc) is 2.28. The van der Waals surface area contributed by atoms with E-state index in [4.69, 9.17) is 15.7 Å². The van der Waals surface area contributed by atoms with Crippen molar-refractivity contribution >= 4 is 16.8 Å². The van der Waals surface area contributed by atoms with Crippen molar-refractivity contribution < 1.29 is 4.42 Å². The van der Waals surface area contributed by atoms with Crippen LogP contribution in [0.15, 0.2) is 39.5 Å². The molecule has 0 aliphatic rings. The van der Waals surface area contributed by atoms with Crippen LogP contribution in [0.25, 0.3) is 11.0 Å². The third-order valence-corrected chi connectivity index (χ3v) is 2.03. The molecule has 1 aromatic carbocycles. The smallest absolute Gasteiger partial charge is 0.193 e. The SMILES string of the molecule is N=C(NN)c1cc(=O)c2ccccc2o1. The predicted molar refractivity (Wildman–Crippen MR) is 56.6 cm³/mol. The molecular weight excluding hydrogens is 194 g/mol. The molecule has 0 amide bonds. The zero-order valence-corrected chi connectivity index (χ0v) is 7.78. The molecule has 0 fully saturated rings. The van der Waals surface area contributed by atoms with Crippen LogP contribution in [0.4, 0.5) is 0 Å². The van der Waals surface area contributed by atoms with Crippen LogP contribution in [-0.2, 0) is 0 Å². The Morgan fingerprint density at radius 1 is 1.40 bits per heavy atom. The Balaban J connectivity index is 2.73. The van der Waals surface area contributed by atoms with E-state index in [1.165, 1.54) is 6.07 Å². The van der Waals surface area contributed by atoms with Crippen LogP contribution in [0.5, 0.6) is 0 Å².